The number of nitrogens with two attached hydrogens (primary N) is 1. The van der Waals surface area contributed by atoms with Crippen LogP contribution in [0.2, 0.25) is 0 Å². The Morgan fingerprint density at radius 2 is 1.93 bits per heavy atom. The second-order valence-electron chi connectivity index (χ2n) is 7.32. The lowest BCUT2D eigenvalue weighted by molar-refractivity contribution is 0.234. The molecule has 29 heavy (non-hydrogen) atoms. The average molecular weight is 528 g/mol. The van der Waals surface area contributed by atoms with Gasteiger partial charge in [-0.2, -0.15) is 0 Å². The summed E-state index contributed by atoms with van der Waals surface area (Å²) >= 11 is 0. The lowest BCUT2D eigenvalue weighted by atomic mass is 9.82. The third-order valence-electron chi connectivity index (χ3n) is 5.32. The molecule has 1 heterocycles. The van der Waals surface area contributed by atoms with E-state index in [2.05, 4.69) is 52.5 Å². The van der Waals surface area contributed by atoms with Gasteiger partial charge in [-0.25, -0.2) is 13.6 Å². The third kappa shape index (κ3) is 6.16. The monoisotopic (exact) mass is 528 g/mol. The van der Waals surface area contributed by atoms with Crippen molar-refractivity contribution >= 4 is 40.0 Å². The van der Waals surface area contributed by atoms with Gasteiger partial charge in [-0.3, -0.25) is 4.99 Å². The van der Waals surface area contributed by atoms with Gasteiger partial charge < -0.3 is 10.2 Å². The zero-order valence-electron chi connectivity index (χ0n) is 16.8. The zero-order valence-corrected chi connectivity index (χ0v) is 19.9. The first-order valence-corrected chi connectivity index (χ1v) is 11.1. The van der Waals surface area contributed by atoms with Crippen LogP contribution in [0.1, 0.15) is 30.4 Å². The molecule has 0 aromatic heterocycles. The van der Waals surface area contributed by atoms with Crippen LogP contribution in [-0.4, -0.2) is 39.4 Å². The van der Waals surface area contributed by atoms with Crippen molar-refractivity contribution in [2.75, 3.05) is 20.1 Å². The van der Waals surface area contributed by atoms with Gasteiger partial charge in [0, 0.05) is 26.7 Å². The van der Waals surface area contributed by atoms with Crippen molar-refractivity contribution in [1.29, 1.82) is 0 Å². The van der Waals surface area contributed by atoms with Gasteiger partial charge in [0.05, 0.1) is 4.90 Å². The van der Waals surface area contributed by atoms with Gasteiger partial charge in [0.25, 0.3) is 0 Å². The van der Waals surface area contributed by atoms with Crippen LogP contribution in [0.15, 0.2) is 64.5 Å². The highest BCUT2D eigenvalue weighted by Crippen LogP contribution is 2.32. The maximum atomic E-state index is 11.5. The fourth-order valence-corrected chi connectivity index (χ4v) is 4.46. The molecule has 2 aromatic rings. The van der Waals surface area contributed by atoms with Gasteiger partial charge in [-0.05, 0) is 41.5 Å². The van der Waals surface area contributed by atoms with E-state index in [-0.39, 0.29) is 28.9 Å². The zero-order chi connectivity index (χ0) is 20.1. The number of likely N-dealkylation sites (tertiary alicyclic amines) is 1. The van der Waals surface area contributed by atoms with Gasteiger partial charge in [0.2, 0.25) is 10.0 Å². The Kier molecular flexibility index (Phi) is 8.47. The van der Waals surface area contributed by atoms with Crippen LogP contribution in [0.25, 0.3) is 0 Å². The van der Waals surface area contributed by atoms with E-state index in [4.69, 9.17) is 5.14 Å². The standard InChI is InChI=1S/C21H28N4O2S.HI/c1-16-15-25(12-11-20(16)18-8-4-3-5-9-18)21(23-2)24-14-17-7-6-10-19(13-17)28(22,26)27;/h3-10,13,16,20H,11-12,14-15H2,1-2H3,(H,23,24)(H2,22,26,27);1H. The summed E-state index contributed by atoms with van der Waals surface area (Å²) in [5.41, 5.74) is 2.25. The molecule has 8 heteroatoms. The van der Waals surface area contributed by atoms with E-state index >= 15 is 0 Å². The van der Waals surface area contributed by atoms with Crippen LogP contribution in [0, 0.1) is 5.92 Å². The minimum Gasteiger partial charge on any atom is -0.352 e. The van der Waals surface area contributed by atoms with Crippen molar-refractivity contribution in [2.45, 2.75) is 30.7 Å². The van der Waals surface area contributed by atoms with Crippen LogP contribution in [0.5, 0.6) is 0 Å². The molecule has 0 amide bonds. The molecule has 1 aliphatic rings. The molecule has 2 unspecified atom stereocenters. The molecular weight excluding hydrogens is 499 g/mol. The fourth-order valence-electron chi connectivity index (χ4n) is 3.88. The maximum Gasteiger partial charge on any atom is 0.238 e. The second-order valence-corrected chi connectivity index (χ2v) is 8.88. The SMILES string of the molecule is CN=C(NCc1cccc(S(N)(=O)=O)c1)N1CCC(c2ccccc2)C(C)C1.I. The molecule has 6 nitrogen and oxygen atoms in total. The van der Waals surface area contributed by atoms with Gasteiger partial charge in [0.15, 0.2) is 5.96 Å². The van der Waals surface area contributed by atoms with E-state index in [0.717, 1.165) is 31.0 Å². The molecule has 0 spiro atoms. The first kappa shape index (κ1) is 23.6. The summed E-state index contributed by atoms with van der Waals surface area (Å²) in [5.74, 6) is 1.90. The van der Waals surface area contributed by atoms with Crippen molar-refractivity contribution in [2.24, 2.45) is 16.0 Å². The molecule has 2 aromatic carbocycles. The summed E-state index contributed by atoms with van der Waals surface area (Å²) in [5, 5.41) is 8.57. The summed E-state index contributed by atoms with van der Waals surface area (Å²) < 4.78 is 23.1. The predicted molar refractivity (Wildman–Crippen MR) is 128 cm³/mol. The summed E-state index contributed by atoms with van der Waals surface area (Å²) in [4.78, 5) is 6.81. The summed E-state index contributed by atoms with van der Waals surface area (Å²) in [6.07, 6.45) is 1.08. The highest BCUT2D eigenvalue weighted by molar-refractivity contribution is 14.0. The third-order valence-corrected chi connectivity index (χ3v) is 6.23. The molecular formula is C21H29IN4O2S. The van der Waals surface area contributed by atoms with Crippen molar-refractivity contribution < 1.29 is 8.42 Å². The number of guanidine groups is 1. The number of piperidine rings is 1. The van der Waals surface area contributed by atoms with E-state index in [1.165, 1.54) is 11.6 Å². The molecule has 3 rings (SSSR count). The molecule has 1 saturated heterocycles. The lowest BCUT2D eigenvalue weighted by Gasteiger charge is -2.39. The lowest BCUT2D eigenvalue weighted by Crippen LogP contribution is -2.47. The van der Waals surface area contributed by atoms with E-state index in [1.807, 2.05) is 6.07 Å². The fraction of sp³-hybridized carbons (Fsp3) is 0.381. The molecule has 0 saturated carbocycles. The van der Waals surface area contributed by atoms with Crippen LogP contribution >= 0.6 is 24.0 Å². The summed E-state index contributed by atoms with van der Waals surface area (Å²) in [7, 11) is -1.92. The van der Waals surface area contributed by atoms with E-state index in [0.29, 0.717) is 18.4 Å². The summed E-state index contributed by atoms with van der Waals surface area (Å²) in [6, 6.07) is 17.4. The molecule has 158 valence electrons. The molecule has 3 N–H and O–H groups in total. The van der Waals surface area contributed by atoms with Gasteiger partial charge in [-0.15, -0.1) is 24.0 Å². The second kappa shape index (κ2) is 10.4. The van der Waals surface area contributed by atoms with E-state index in [1.54, 1.807) is 19.2 Å². The number of hydrogen-bond donors (Lipinski definition) is 2. The number of benzene rings is 2. The van der Waals surface area contributed by atoms with Crippen LogP contribution < -0.4 is 10.5 Å². The molecule has 1 aliphatic heterocycles. The molecule has 0 aliphatic carbocycles. The quantitative estimate of drug-likeness (QED) is 0.363. The van der Waals surface area contributed by atoms with Gasteiger partial charge in [0.1, 0.15) is 0 Å². The number of nitrogens with zero attached hydrogens (tertiary/aromatic N) is 2. The van der Waals surface area contributed by atoms with E-state index in [9.17, 15) is 8.42 Å². The maximum absolute atomic E-state index is 11.5. The largest absolute Gasteiger partial charge is 0.352 e. The molecule has 0 radical (unpaired) electrons. The molecule has 0 bridgehead atoms. The van der Waals surface area contributed by atoms with Crippen LogP contribution in [-0.2, 0) is 16.6 Å². The van der Waals surface area contributed by atoms with Crippen molar-refractivity contribution in [1.82, 2.24) is 10.2 Å². The van der Waals surface area contributed by atoms with Crippen molar-refractivity contribution in [3.8, 4) is 0 Å². The van der Waals surface area contributed by atoms with Crippen LogP contribution in [0.3, 0.4) is 0 Å². The number of hydrogen-bond acceptors (Lipinski definition) is 3. The Hall–Kier alpha value is -1.65. The smallest absolute Gasteiger partial charge is 0.238 e. The van der Waals surface area contributed by atoms with E-state index < -0.39 is 10.0 Å². The van der Waals surface area contributed by atoms with Gasteiger partial charge in [-0.1, -0.05) is 49.4 Å². The molecule has 1 fully saturated rings. The topological polar surface area (TPSA) is 87.8 Å². The highest BCUT2D eigenvalue weighted by Gasteiger charge is 2.28. The number of nitrogens with one attached hydrogen (secondary N) is 1. The summed E-state index contributed by atoms with van der Waals surface area (Å²) in [6.45, 7) is 4.63. The Bertz CT molecular complexity index is 935. The van der Waals surface area contributed by atoms with Gasteiger partial charge >= 0.3 is 0 Å². The Balaban J connectivity index is 0.00000300. The number of rotatable bonds is 4. The number of halogens is 1. The van der Waals surface area contributed by atoms with Crippen molar-refractivity contribution in [3.63, 3.8) is 0 Å². The van der Waals surface area contributed by atoms with Crippen LogP contribution in [0.4, 0.5) is 0 Å². The Labute approximate surface area is 190 Å². The predicted octanol–water partition coefficient (Wildman–Crippen LogP) is 3.15. The average Bonchev–Trinajstić information content (AvgIpc) is 2.69. The van der Waals surface area contributed by atoms with Crippen molar-refractivity contribution in [3.05, 3.63) is 65.7 Å². The highest BCUT2D eigenvalue weighted by atomic mass is 127. The number of sulfonamides is 1. The number of primary sulfonamides is 1. The Morgan fingerprint density at radius 1 is 1.21 bits per heavy atom. The number of aliphatic imine (C=N–C) groups is 1. The first-order chi connectivity index (χ1) is 13.4. The molecule has 2 atom stereocenters. The minimum absolute atomic E-state index is 0. The normalized spacial score (nSPS) is 20.1. The Morgan fingerprint density at radius 3 is 2.55 bits per heavy atom. The minimum atomic E-state index is -3.70. The first-order valence-electron chi connectivity index (χ1n) is 9.51.